The Morgan fingerprint density at radius 3 is 2.42 bits per heavy atom. The molecule has 2 heterocycles. The molecule has 33 heavy (non-hydrogen) atoms. The smallest absolute Gasteiger partial charge is 0.332 e. The number of aliphatic hydroxyl groups is 1. The maximum atomic E-state index is 12.3. The molecule has 0 spiro atoms. The first-order valence-corrected chi connectivity index (χ1v) is 9.44. The summed E-state index contributed by atoms with van der Waals surface area (Å²) in [7, 11) is 0. The second-order valence-electron chi connectivity index (χ2n) is 6.87. The van der Waals surface area contributed by atoms with Crippen molar-refractivity contribution in [2.45, 2.75) is 25.1 Å². The Morgan fingerprint density at radius 1 is 1.09 bits per heavy atom. The van der Waals surface area contributed by atoms with Gasteiger partial charge in [-0.1, -0.05) is 0 Å². The highest BCUT2D eigenvalue weighted by atomic mass is 16.4. The summed E-state index contributed by atoms with van der Waals surface area (Å²) >= 11 is 0. The molecule has 0 fully saturated rings. The van der Waals surface area contributed by atoms with E-state index >= 15 is 0 Å². The molecule has 1 unspecified atom stereocenters. The van der Waals surface area contributed by atoms with Crippen LogP contribution in [0.1, 0.15) is 22.5 Å². The van der Waals surface area contributed by atoms with E-state index in [1.54, 1.807) is 12.1 Å². The standard InChI is InChI=1S/C19H19N7O7/c20-19-25-14-13(16(29)26-19)23-10(7-22-14)6-21-9-3-1-8(2-4-9)15(28)24-11(17(30)31)5-12(27)18(32)33/h1-4,7,11-12,21,27H,5-6H2,(H,24,28)(H,30,31)(H,32,33)(H3,20,22,25,26,29)/t11-,12?/m0/s1. The van der Waals surface area contributed by atoms with Gasteiger partial charge in [0.2, 0.25) is 5.95 Å². The summed E-state index contributed by atoms with van der Waals surface area (Å²) in [5.74, 6) is -3.88. The molecule has 0 aliphatic carbocycles. The van der Waals surface area contributed by atoms with E-state index in [2.05, 4.69) is 30.6 Å². The van der Waals surface area contributed by atoms with Crippen molar-refractivity contribution in [3.63, 3.8) is 0 Å². The van der Waals surface area contributed by atoms with Crippen LogP contribution < -0.4 is 21.9 Å². The minimum Gasteiger partial charge on any atom is -0.480 e. The number of carboxylic acids is 2. The predicted octanol–water partition coefficient (Wildman–Crippen LogP) is -1.07. The van der Waals surface area contributed by atoms with Crippen molar-refractivity contribution in [2.24, 2.45) is 0 Å². The van der Waals surface area contributed by atoms with E-state index in [1.807, 2.05) is 0 Å². The fraction of sp³-hybridized carbons (Fsp3) is 0.211. The first-order chi connectivity index (χ1) is 15.6. The van der Waals surface area contributed by atoms with E-state index in [9.17, 15) is 24.3 Å². The predicted molar refractivity (Wildman–Crippen MR) is 113 cm³/mol. The minimum absolute atomic E-state index is 0.0384. The lowest BCUT2D eigenvalue weighted by Gasteiger charge is -2.16. The van der Waals surface area contributed by atoms with Crippen LogP contribution in [0.4, 0.5) is 11.6 Å². The van der Waals surface area contributed by atoms with Crippen LogP contribution in [0, 0.1) is 0 Å². The van der Waals surface area contributed by atoms with Gasteiger partial charge >= 0.3 is 11.9 Å². The largest absolute Gasteiger partial charge is 0.480 e. The summed E-state index contributed by atoms with van der Waals surface area (Å²) in [6.07, 6.45) is -1.19. The zero-order valence-electron chi connectivity index (χ0n) is 16.8. The number of anilines is 2. The number of carbonyl (C=O) groups excluding carboxylic acids is 1. The summed E-state index contributed by atoms with van der Waals surface area (Å²) in [6.45, 7) is 0.201. The molecule has 172 valence electrons. The van der Waals surface area contributed by atoms with Crippen molar-refractivity contribution >= 4 is 40.6 Å². The Labute approximate surface area is 184 Å². The van der Waals surface area contributed by atoms with E-state index < -0.39 is 42.0 Å². The molecule has 0 bridgehead atoms. The van der Waals surface area contributed by atoms with E-state index in [0.717, 1.165) is 0 Å². The number of aliphatic carboxylic acids is 2. The average molecular weight is 457 g/mol. The van der Waals surface area contributed by atoms with Gasteiger partial charge in [0.05, 0.1) is 18.4 Å². The van der Waals surface area contributed by atoms with Crippen LogP contribution in [0.15, 0.2) is 35.3 Å². The number of rotatable bonds is 9. The number of nitrogens with two attached hydrogens (primary N) is 1. The molecule has 0 saturated heterocycles. The van der Waals surface area contributed by atoms with Gasteiger partial charge in [0.1, 0.15) is 6.04 Å². The van der Waals surface area contributed by atoms with Gasteiger partial charge in [-0.15, -0.1) is 0 Å². The third kappa shape index (κ3) is 5.76. The Bertz CT molecular complexity index is 1260. The minimum atomic E-state index is -1.93. The molecule has 0 aliphatic heterocycles. The maximum Gasteiger partial charge on any atom is 0.332 e. The average Bonchev–Trinajstić information content (AvgIpc) is 2.77. The molecule has 8 N–H and O–H groups in total. The molecule has 0 radical (unpaired) electrons. The number of amides is 1. The first kappa shape index (κ1) is 23.1. The quantitative estimate of drug-likeness (QED) is 0.203. The van der Waals surface area contributed by atoms with Crippen LogP contribution in [0.25, 0.3) is 11.2 Å². The summed E-state index contributed by atoms with van der Waals surface area (Å²) in [6, 6.07) is 4.38. The van der Waals surface area contributed by atoms with Gasteiger partial charge in [0.25, 0.3) is 11.5 Å². The van der Waals surface area contributed by atoms with Crippen molar-refractivity contribution in [1.29, 1.82) is 0 Å². The number of hydrogen-bond acceptors (Lipinski definition) is 10. The summed E-state index contributed by atoms with van der Waals surface area (Å²) in [4.78, 5) is 60.6. The molecular weight excluding hydrogens is 438 g/mol. The highest BCUT2D eigenvalue weighted by molar-refractivity contribution is 5.97. The zero-order valence-corrected chi connectivity index (χ0v) is 16.8. The molecule has 14 nitrogen and oxygen atoms in total. The molecule has 1 aromatic carbocycles. The van der Waals surface area contributed by atoms with E-state index in [1.165, 1.54) is 18.3 Å². The highest BCUT2D eigenvalue weighted by Gasteiger charge is 2.27. The molecular formula is C19H19N7O7. The summed E-state index contributed by atoms with van der Waals surface area (Å²) in [5, 5.41) is 32.4. The van der Waals surface area contributed by atoms with Crippen molar-refractivity contribution in [2.75, 3.05) is 11.1 Å². The lowest BCUT2D eigenvalue weighted by atomic mass is 10.1. The number of aliphatic hydroxyl groups excluding tert-OH is 1. The zero-order chi connectivity index (χ0) is 24.1. The Morgan fingerprint density at radius 2 is 1.79 bits per heavy atom. The fourth-order valence-electron chi connectivity index (χ4n) is 2.78. The number of carboxylic acid groups (broad SMARTS) is 2. The van der Waals surface area contributed by atoms with Gasteiger partial charge in [-0.3, -0.25) is 14.6 Å². The van der Waals surface area contributed by atoms with Crippen molar-refractivity contribution < 1.29 is 29.7 Å². The van der Waals surface area contributed by atoms with E-state index in [4.69, 9.17) is 15.9 Å². The number of nitrogen functional groups attached to an aromatic ring is 1. The topological polar surface area (TPSA) is 234 Å². The normalized spacial score (nSPS) is 12.6. The van der Waals surface area contributed by atoms with E-state index in [0.29, 0.717) is 11.4 Å². The Hall–Kier alpha value is -4.59. The van der Waals surface area contributed by atoms with Crippen LogP contribution in [0.2, 0.25) is 0 Å². The molecule has 2 aromatic heterocycles. The van der Waals surface area contributed by atoms with Crippen LogP contribution in [-0.4, -0.2) is 65.2 Å². The highest BCUT2D eigenvalue weighted by Crippen LogP contribution is 2.12. The third-order valence-corrected chi connectivity index (χ3v) is 4.45. The number of hydrogen-bond donors (Lipinski definition) is 7. The molecule has 3 rings (SSSR count). The molecule has 14 heteroatoms. The van der Waals surface area contributed by atoms with E-state index in [-0.39, 0.29) is 29.2 Å². The van der Waals surface area contributed by atoms with Crippen molar-refractivity contribution in [1.82, 2.24) is 25.3 Å². The van der Waals surface area contributed by atoms with Crippen LogP contribution in [0.5, 0.6) is 0 Å². The van der Waals surface area contributed by atoms with Gasteiger partial charge in [0, 0.05) is 17.7 Å². The Kier molecular flexibility index (Phi) is 6.78. The van der Waals surface area contributed by atoms with Gasteiger partial charge in [-0.2, -0.15) is 4.98 Å². The second-order valence-corrected chi connectivity index (χ2v) is 6.87. The Balaban J connectivity index is 1.63. The van der Waals surface area contributed by atoms with Gasteiger partial charge in [0.15, 0.2) is 17.3 Å². The lowest BCUT2D eigenvalue weighted by Crippen LogP contribution is -2.44. The summed E-state index contributed by atoms with van der Waals surface area (Å²) in [5.41, 5.74) is 6.27. The molecule has 0 aliphatic rings. The monoisotopic (exact) mass is 457 g/mol. The van der Waals surface area contributed by atoms with Gasteiger partial charge in [-0.05, 0) is 24.3 Å². The summed E-state index contributed by atoms with van der Waals surface area (Å²) < 4.78 is 0. The van der Waals surface area contributed by atoms with Crippen LogP contribution >= 0.6 is 0 Å². The molecule has 0 saturated carbocycles. The van der Waals surface area contributed by atoms with Crippen molar-refractivity contribution in [3.8, 4) is 0 Å². The number of H-pyrrole nitrogens is 1. The number of carbonyl (C=O) groups is 3. The number of nitrogens with zero attached hydrogens (tertiary/aromatic N) is 3. The number of aromatic nitrogens is 4. The molecule has 1 amide bonds. The first-order valence-electron chi connectivity index (χ1n) is 9.44. The van der Waals surface area contributed by atoms with Crippen LogP contribution in [0.3, 0.4) is 0 Å². The lowest BCUT2D eigenvalue weighted by molar-refractivity contribution is -0.148. The number of aromatic amines is 1. The SMILES string of the molecule is Nc1nc2ncc(CNc3ccc(C(=O)N[C@@H](CC(O)C(=O)O)C(=O)O)cc3)nc2c(=O)[nH]1. The van der Waals surface area contributed by atoms with Crippen LogP contribution in [-0.2, 0) is 16.1 Å². The molecule has 3 aromatic rings. The van der Waals surface area contributed by atoms with Crippen molar-refractivity contribution in [3.05, 3.63) is 52.1 Å². The van der Waals surface area contributed by atoms with Gasteiger partial charge < -0.3 is 31.7 Å². The molecule has 2 atom stereocenters. The maximum absolute atomic E-state index is 12.3. The number of nitrogens with one attached hydrogen (secondary N) is 3. The number of benzene rings is 1. The number of fused-ring (bicyclic) bond motifs is 1. The second kappa shape index (κ2) is 9.69. The van der Waals surface area contributed by atoms with Gasteiger partial charge in [-0.25, -0.2) is 19.6 Å². The third-order valence-electron chi connectivity index (χ3n) is 4.45. The fourth-order valence-corrected chi connectivity index (χ4v) is 2.78.